The topological polar surface area (TPSA) is 37.4 Å². The van der Waals surface area contributed by atoms with Crippen LogP contribution in [0.2, 0.25) is 0 Å². The predicted octanol–water partition coefficient (Wildman–Crippen LogP) is 3.80. The molecule has 3 nitrogen and oxygen atoms in total. The number of halogens is 1. The van der Waals surface area contributed by atoms with Crippen LogP contribution in [0.1, 0.15) is 44.2 Å². The molecule has 1 aromatic rings. The van der Waals surface area contributed by atoms with E-state index in [-0.39, 0.29) is 0 Å². The quantitative estimate of drug-likeness (QED) is 0.713. The number of aryl methyl sites for hydroxylation is 1. The molecule has 0 atom stereocenters. The van der Waals surface area contributed by atoms with E-state index >= 15 is 0 Å². The van der Waals surface area contributed by atoms with E-state index in [0.29, 0.717) is 29.8 Å². The first-order valence-corrected chi connectivity index (χ1v) is 9.68. The number of rotatable bonds is 7. The number of alkyl halides is 1. The SMILES string of the molecule is CCc1ccc(S(=O)(=O)N(CC)CC2CCC2)cc1CCl. The van der Waals surface area contributed by atoms with Gasteiger partial charge in [-0.05, 0) is 48.4 Å². The van der Waals surface area contributed by atoms with E-state index in [1.54, 1.807) is 16.4 Å². The number of benzene rings is 1. The van der Waals surface area contributed by atoms with Gasteiger partial charge < -0.3 is 0 Å². The van der Waals surface area contributed by atoms with Crippen LogP contribution in [0.15, 0.2) is 23.1 Å². The summed E-state index contributed by atoms with van der Waals surface area (Å²) < 4.78 is 27.2. The van der Waals surface area contributed by atoms with Crippen LogP contribution in [-0.4, -0.2) is 25.8 Å². The van der Waals surface area contributed by atoms with Crippen molar-refractivity contribution in [3.63, 3.8) is 0 Å². The summed E-state index contributed by atoms with van der Waals surface area (Å²) in [6, 6.07) is 5.35. The Kier molecular flexibility index (Phi) is 5.69. The van der Waals surface area contributed by atoms with Crippen molar-refractivity contribution in [1.82, 2.24) is 4.31 Å². The van der Waals surface area contributed by atoms with Crippen LogP contribution in [0, 0.1) is 5.92 Å². The third-order valence-corrected chi connectivity index (χ3v) is 6.60. The molecular formula is C16H24ClNO2S. The molecule has 2 rings (SSSR count). The zero-order valence-corrected chi connectivity index (χ0v) is 14.4. The lowest BCUT2D eigenvalue weighted by Crippen LogP contribution is -2.37. The molecule has 1 aliphatic rings. The molecule has 21 heavy (non-hydrogen) atoms. The molecular weight excluding hydrogens is 306 g/mol. The summed E-state index contributed by atoms with van der Waals surface area (Å²) in [5.41, 5.74) is 2.03. The average molecular weight is 330 g/mol. The van der Waals surface area contributed by atoms with E-state index in [2.05, 4.69) is 6.92 Å². The maximum Gasteiger partial charge on any atom is 0.243 e. The van der Waals surface area contributed by atoms with Gasteiger partial charge >= 0.3 is 0 Å². The summed E-state index contributed by atoms with van der Waals surface area (Å²) in [4.78, 5) is 0.372. The first kappa shape index (κ1) is 16.8. The monoisotopic (exact) mass is 329 g/mol. The molecule has 118 valence electrons. The van der Waals surface area contributed by atoms with Crippen molar-refractivity contribution >= 4 is 21.6 Å². The van der Waals surface area contributed by atoms with Gasteiger partial charge in [-0.2, -0.15) is 4.31 Å². The van der Waals surface area contributed by atoms with Crippen molar-refractivity contribution in [2.45, 2.75) is 50.3 Å². The van der Waals surface area contributed by atoms with Crippen molar-refractivity contribution in [3.8, 4) is 0 Å². The highest BCUT2D eigenvalue weighted by atomic mass is 35.5. The highest BCUT2D eigenvalue weighted by molar-refractivity contribution is 7.89. The molecule has 0 radical (unpaired) electrons. The summed E-state index contributed by atoms with van der Waals surface area (Å²) in [5, 5.41) is 0. The molecule has 0 spiro atoms. The molecule has 0 amide bonds. The lowest BCUT2D eigenvalue weighted by molar-refractivity contribution is 0.250. The van der Waals surface area contributed by atoms with Gasteiger partial charge in [0, 0.05) is 19.0 Å². The minimum Gasteiger partial charge on any atom is -0.207 e. The minimum atomic E-state index is -3.41. The van der Waals surface area contributed by atoms with E-state index in [9.17, 15) is 8.42 Å². The predicted molar refractivity (Wildman–Crippen MR) is 87.2 cm³/mol. The Labute approximate surface area is 133 Å². The Morgan fingerprint density at radius 3 is 2.43 bits per heavy atom. The zero-order chi connectivity index (χ0) is 15.5. The molecule has 5 heteroatoms. The number of hydrogen-bond acceptors (Lipinski definition) is 2. The highest BCUT2D eigenvalue weighted by Crippen LogP contribution is 2.29. The highest BCUT2D eigenvalue weighted by Gasteiger charge is 2.28. The van der Waals surface area contributed by atoms with E-state index < -0.39 is 10.0 Å². The molecule has 0 N–H and O–H groups in total. The Bertz CT molecular complexity index is 582. The maximum atomic E-state index is 12.8. The van der Waals surface area contributed by atoms with Gasteiger partial charge in [-0.1, -0.05) is 26.3 Å². The van der Waals surface area contributed by atoms with Crippen LogP contribution in [0.5, 0.6) is 0 Å². The molecule has 1 aliphatic carbocycles. The largest absolute Gasteiger partial charge is 0.243 e. The second kappa shape index (κ2) is 7.12. The van der Waals surface area contributed by atoms with Gasteiger partial charge in [-0.25, -0.2) is 8.42 Å². The van der Waals surface area contributed by atoms with Gasteiger partial charge in [0.05, 0.1) is 4.90 Å². The van der Waals surface area contributed by atoms with E-state index in [1.165, 1.54) is 6.42 Å². The molecule has 1 aromatic carbocycles. The number of hydrogen-bond donors (Lipinski definition) is 0. The van der Waals surface area contributed by atoms with E-state index in [1.807, 2.05) is 13.0 Å². The number of sulfonamides is 1. The van der Waals surface area contributed by atoms with Crippen LogP contribution in [0.25, 0.3) is 0 Å². The Balaban J connectivity index is 2.28. The lowest BCUT2D eigenvalue weighted by atomic mass is 9.85. The van der Waals surface area contributed by atoms with Crippen LogP contribution in [0.3, 0.4) is 0 Å². The first-order valence-electron chi connectivity index (χ1n) is 7.70. The molecule has 1 saturated carbocycles. The fourth-order valence-corrected chi connectivity index (χ4v) is 4.57. The molecule has 0 aromatic heterocycles. The standard InChI is InChI=1S/C16H24ClNO2S/c1-3-14-8-9-16(10-15(14)11-17)21(19,20)18(4-2)12-13-6-5-7-13/h8-10,13H,3-7,11-12H2,1-2H3. The molecule has 1 fully saturated rings. The summed E-state index contributed by atoms with van der Waals surface area (Å²) in [6.45, 7) is 5.11. The third kappa shape index (κ3) is 3.61. The first-order chi connectivity index (χ1) is 10.0. The molecule has 0 bridgehead atoms. The van der Waals surface area contributed by atoms with Crippen LogP contribution < -0.4 is 0 Å². The summed E-state index contributed by atoms with van der Waals surface area (Å²) in [6.07, 6.45) is 4.38. The van der Waals surface area contributed by atoms with E-state index in [0.717, 1.165) is 30.4 Å². The second-order valence-corrected chi connectivity index (χ2v) is 7.88. The Morgan fingerprint density at radius 2 is 1.95 bits per heavy atom. The summed E-state index contributed by atoms with van der Waals surface area (Å²) in [5.74, 6) is 0.878. The maximum absolute atomic E-state index is 12.8. The van der Waals surface area contributed by atoms with E-state index in [4.69, 9.17) is 11.6 Å². The van der Waals surface area contributed by atoms with Gasteiger partial charge in [-0.3, -0.25) is 0 Å². The Hall–Kier alpha value is -0.580. The van der Waals surface area contributed by atoms with Crippen molar-refractivity contribution < 1.29 is 8.42 Å². The van der Waals surface area contributed by atoms with Gasteiger partial charge in [0.25, 0.3) is 0 Å². The number of nitrogens with zero attached hydrogens (tertiary/aromatic N) is 1. The van der Waals surface area contributed by atoms with Crippen LogP contribution in [-0.2, 0) is 22.3 Å². The van der Waals surface area contributed by atoms with Crippen molar-refractivity contribution in [3.05, 3.63) is 29.3 Å². The second-order valence-electron chi connectivity index (χ2n) is 5.67. The normalized spacial score (nSPS) is 16.2. The minimum absolute atomic E-state index is 0.348. The lowest BCUT2D eigenvalue weighted by Gasteiger charge is -2.31. The van der Waals surface area contributed by atoms with Crippen LogP contribution >= 0.6 is 11.6 Å². The smallest absolute Gasteiger partial charge is 0.207 e. The van der Waals surface area contributed by atoms with Crippen molar-refractivity contribution in [1.29, 1.82) is 0 Å². The van der Waals surface area contributed by atoms with Gasteiger partial charge in [0.2, 0.25) is 10.0 Å². The van der Waals surface area contributed by atoms with Gasteiger partial charge in [0.15, 0.2) is 0 Å². The fourth-order valence-electron chi connectivity index (χ4n) is 2.74. The fraction of sp³-hybridized carbons (Fsp3) is 0.625. The van der Waals surface area contributed by atoms with Crippen molar-refractivity contribution in [2.24, 2.45) is 5.92 Å². The average Bonchev–Trinajstić information content (AvgIpc) is 2.45. The molecule has 0 heterocycles. The molecule has 0 saturated heterocycles. The van der Waals surface area contributed by atoms with Gasteiger partial charge in [0.1, 0.15) is 0 Å². The summed E-state index contributed by atoms with van der Waals surface area (Å²) in [7, 11) is -3.41. The van der Waals surface area contributed by atoms with Crippen molar-refractivity contribution in [2.75, 3.05) is 13.1 Å². The Morgan fingerprint density at radius 1 is 1.24 bits per heavy atom. The summed E-state index contributed by atoms with van der Waals surface area (Å²) >= 11 is 5.95. The third-order valence-electron chi connectivity index (χ3n) is 4.38. The molecule has 0 aliphatic heterocycles. The van der Waals surface area contributed by atoms with Crippen LogP contribution in [0.4, 0.5) is 0 Å². The van der Waals surface area contributed by atoms with Gasteiger partial charge in [-0.15, -0.1) is 11.6 Å². The zero-order valence-electron chi connectivity index (χ0n) is 12.8. The molecule has 0 unspecified atom stereocenters.